The molecule has 3 rings (SSSR count). The Morgan fingerprint density at radius 1 is 1.25 bits per heavy atom. The van der Waals surface area contributed by atoms with Gasteiger partial charge in [0.2, 0.25) is 5.91 Å². The van der Waals surface area contributed by atoms with Gasteiger partial charge in [-0.2, -0.15) is 0 Å². The first-order chi connectivity index (χ1) is 13.6. The van der Waals surface area contributed by atoms with E-state index in [4.69, 9.17) is 4.74 Å². The van der Waals surface area contributed by atoms with Crippen LogP contribution in [0, 0.1) is 6.92 Å². The summed E-state index contributed by atoms with van der Waals surface area (Å²) >= 11 is 4.65. The van der Waals surface area contributed by atoms with Gasteiger partial charge in [-0.05, 0) is 53.5 Å². The van der Waals surface area contributed by atoms with Crippen LogP contribution < -0.4 is 10.1 Å². The average Bonchev–Trinajstić information content (AvgIpc) is 3.09. The third kappa shape index (κ3) is 5.32. The van der Waals surface area contributed by atoms with Gasteiger partial charge in [0.1, 0.15) is 18.2 Å². The molecule has 0 aliphatic heterocycles. The van der Waals surface area contributed by atoms with E-state index in [2.05, 4.69) is 36.4 Å². The van der Waals surface area contributed by atoms with Crippen LogP contribution in [-0.2, 0) is 17.9 Å². The van der Waals surface area contributed by atoms with Crippen LogP contribution in [-0.4, -0.2) is 31.4 Å². The normalized spacial score (nSPS) is 10.7. The van der Waals surface area contributed by atoms with Crippen molar-refractivity contribution in [3.05, 3.63) is 58.5 Å². The molecule has 0 aliphatic rings. The van der Waals surface area contributed by atoms with Crippen LogP contribution in [0.4, 0.5) is 5.82 Å². The number of nitrogens with zero attached hydrogens (tertiary/aromatic N) is 4. The van der Waals surface area contributed by atoms with Crippen LogP contribution in [0.1, 0.15) is 18.3 Å². The van der Waals surface area contributed by atoms with E-state index in [1.165, 1.54) is 11.8 Å². The number of amides is 1. The van der Waals surface area contributed by atoms with Crippen LogP contribution in [0.3, 0.4) is 0 Å². The number of rotatable bonds is 8. The summed E-state index contributed by atoms with van der Waals surface area (Å²) < 4.78 is 8.68. The topological polar surface area (TPSA) is 81.9 Å². The lowest BCUT2D eigenvalue weighted by Gasteiger charge is -2.10. The average molecular weight is 462 g/mol. The van der Waals surface area contributed by atoms with Crippen molar-refractivity contribution in [2.75, 3.05) is 11.1 Å². The molecule has 3 aromatic rings. The van der Waals surface area contributed by atoms with Gasteiger partial charge >= 0.3 is 0 Å². The number of aromatic nitrogens is 4. The highest BCUT2D eigenvalue weighted by Crippen LogP contribution is 2.21. The monoisotopic (exact) mass is 461 g/mol. The Hall–Kier alpha value is -2.39. The number of pyridine rings is 1. The molecule has 0 atom stereocenters. The quantitative estimate of drug-likeness (QED) is 0.509. The molecule has 0 saturated heterocycles. The minimum atomic E-state index is -0.150. The molecular weight excluding hydrogens is 442 g/mol. The molecule has 0 unspecified atom stereocenters. The zero-order chi connectivity index (χ0) is 19.9. The number of hydrogen-bond donors (Lipinski definition) is 1. The molecule has 2 aromatic heterocycles. The fraction of sp³-hybridized carbons (Fsp3) is 0.263. The first-order valence-electron chi connectivity index (χ1n) is 8.71. The smallest absolute Gasteiger partial charge is 0.236 e. The molecule has 0 bridgehead atoms. The Labute approximate surface area is 176 Å². The molecule has 28 heavy (non-hydrogen) atoms. The number of aryl methyl sites for hydroxylation is 1. The summed E-state index contributed by atoms with van der Waals surface area (Å²) in [6.07, 6.45) is 1.64. The van der Waals surface area contributed by atoms with Crippen molar-refractivity contribution in [3.8, 4) is 5.75 Å². The van der Waals surface area contributed by atoms with Gasteiger partial charge in [-0.15, -0.1) is 10.2 Å². The van der Waals surface area contributed by atoms with Crippen molar-refractivity contribution in [1.29, 1.82) is 0 Å². The zero-order valence-electron chi connectivity index (χ0n) is 15.6. The number of hydrogen-bond acceptors (Lipinski definition) is 6. The van der Waals surface area contributed by atoms with E-state index < -0.39 is 0 Å². The Kier molecular flexibility index (Phi) is 7.05. The molecule has 0 spiro atoms. The van der Waals surface area contributed by atoms with Crippen molar-refractivity contribution < 1.29 is 9.53 Å². The third-order valence-corrected chi connectivity index (χ3v) is 5.32. The van der Waals surface area contributed by atoms with Crippen LogP contribution in [0.25, 0.3) is 0 Å². The predicted molar refractivity (Wildman–Crippen MR) is 112 cm³/mol. The Morgan fingerprint density at radius 2 is 2.07 bits per heavy atom. The Morgan fingerprint density at radius 3 is 2.79 bits per heavy atom. The fourth-order valence-electron chi connectivity index (χ4n) is 2.47. The third-order valence-electron chi connectivity index (χ3n) is 3.89. The molecule has 0 fully saturated rings. The zero-order valence-corrected chi connectivity index (χ0v) is 18.0. The van der Waals surface area contributed by atoms with Gasteiger partial charge in [0.05, 0.1) is 5.75 Å². The van der Waals surface area contributed by atoms with E-state index in [0.29, 0.717) is 24.1 Å². The second-order valence-corrected chi connectivity index (χ2v) is 7.75. The van der Waals surface area contributed by atoms with Crippen molar-refractivity contribution in [3.63, 3.8) is 0 Å². The van der Waals surface area contributed by atoms with E-state index in [1.54, 1.807) is 12.3 Å². The molecule has 1 amide bonds. The molecule has 0 saturated carbocycles. The predicted octanol–water partition coefficient (Wildman–Crippen LogP) is 4.07. The number of benzene rings is 1. The standard InChI is InChI=1S/C19H20BrN5O2S/c1-3-25-17(11-27-15-7-5-4-6-13(15)2)23-24-19(25)28-12-18(26)22-16-9-8-14(20)10-21-16/h4-10H,3,11-12H2,1-2H3,(H,21,22,26). The van der Waals surface area contributed by atoms with E-state index in [0.717, 1.165) is 21.6 Å². The van der Waals surface area contributed by atoms with Crippen LogP contribution in [0.2, 0.25) is 0 Å². The van der Waals surface area contributed by atoms with Crippen LogP contribution in [0.5, 0.6) is 5.75 Å². The maximum Gasteiger partial charge on any atom is 0.236 e. The first kappa shape index (κ1) is 20.3. The summed E-state index contributed by atoms with van der Waals surface area (Å²) in [6.45, 7) is 5.02. The highest BCUT2D eigenvalue weighted by molar-refractivity contribution is 9.10. The second kappa shape index (κ2) is 9.70. The van der Waals surface area contributed by atoms with Crippen molar-refractivity contribution >= 4 is 39.4 Å². The van der Waals surface area contributed by atoms with E-state index >= 15 is 0 Å². The summed E-state index contributed by atoms with van der Waals surface area (Å²) in [5.74, 6) is 2.13. The van der Waals surface area contributed by atoms with Gasteiger partial charge < -0.3 is 14.6 Å². The summed E-state index contributed by atoms with van der Waals surface area (Å²) in [4.78, 5) is 16.3. The first-order valence-corrected chi connectivity index (χ1v) is 10.5. The lowest BCUT2D eigenvalue weighted by molar-refractivity contribution is -0.113. The number of carbonyl (C=O) groups is 1. The fourth-order valence-corrected chi connectivity index (χ4v) is 3.53. The molecule has 1 N–H and O–H groups in total. The molecular formula is C19H20BrN5O2S. The number of halogens is 1. The number of anilines is 1. The lowest BCUT2D eigenvalue weighted by atomic mass is 10.2. The highest BCUT2D eigenvalue weighted by Gasteiger charge is 2.14. The SMILES string of the molecule is CCn1c(COc2ccccc2C)nnc1SCC(=O)Nc1ccc(Br)cn1. The molecule has 1 aromatic carbocycles. The highest BCUT2D eigenvalue weighted by atomic mass is 79.9. The number of ether oxygens (including phenoxy) is 1. The van der Waals surface area contributed by atoms with Crippen molar-refractivity contribution in [2.45, 2.75) is 32.2 Å². The van der Waals surface area contributed by atoms with Gasteiger partial charge in [0.25, 0.3) is 0 Å². The van der Waals surface area contributed by atoms with Gasteiger partial charge in [-0.3, -0.25) is 4.79 Å². The van der Waals surface area contributed by atoms with Crippen molar-refractivity contribution in [2.24, 2.45) is 0 Å². The largest absolute Gasteiger partial charge is 0.485 e. The van der Waals surface area contributed by atoms with Gasteiger partial charge in [0.15, 0.2) is 11.0 Å². The minimum Gasteiger partial charge on any atom is -0.485 e. The van der Waals surface area contributed by atoms with Gasteiger partial charge in [-0.1, -0.05) is 30.0 Å². The van der Waals surface area contributed by atoms with E-state index in [9.17, 15) is 4.79 Å². The molecule has 9 heteroatoms. The molecule has 0 radical (unpaired) electrons. The summed E-state index contributed by atoms with van der Waals surface area (Å²) in [5.41, 5.74) is 1.07. The maximum atomic E-state index is 12.2. The number of carbonyl (C=O) groups excluding carboxylic acids is 1. The molecule has 0 aliphatic carbocycles. The maximum absolute atomic E-state index is 12.2. The van der Waals surface area contributed by atoms with E-state index in [-0.39, 0.29) is 11.7 Å². The summed E-state index contributed by atoms with van der Waals surface area (Å²) in [6, 6.07) is 11.4. The molecule has 146 valence electrons. The number of para-hydroxylation sites is 1. The molecule has 7 nitrogen and oxygen atoms in total. The summed E-state index contributed by atoms with van der Waals surface area (Å²) in [5, 5.41) is 11.9. The van der Waals surface area contributed by atoms with Crippen LogP contribution >= 0.6 is 27.7 Å². The molecule has 2 heterocycles. The lowest BCUT2D eigenvalue weighted by Crippen LogP contribution is -2.15. The van der Waals surface area contributed by atoms with Gasteiger partial charge in [-0.25, -0.2) is 4.98 Å². The summed E-state index contributed by atoms with van der Waals surface area (Å²) in [7, 11) is 0. The number of nitrogens with one attached hydrogen (secondary N) is 1. The Balaban J connectivity index is 1.58. The van der Waals surface area contributed by atoms with Crippen molar-refractivity contribution in [1.82, 2.24) is 19.7 Å². The van der Waals surface area contributed by atoms with Crippen LogP contribution in [0.15, 0.2) is 52.2 Å². The van der Waals surface area contributed by atoms with Gasteiger partial charge in [0, 0.05) is 17.2 Å². The van der Waals surface area contributed by atoms with E-state index in [1.807, 2.05) is 48.7 Å². The second-order valence-electron chi connectivity index (χ2n) is 5.90. The Bertz CT molecular complexity index is 946. The number of thioether (sulfide) groups is 1. The minimum absolute atomic E-state index is 0.150.